The van der Waals surface area contributed by atoms with Crippen molar-refractivity contribution in [3.05, 3.63) is 29.8 Å². The molecule has 1 aromatic carbocycles. The van der Waals surface area contributed by atoms with Crippen molar-refractivity contribution in [1.29, 1.82) is 0 Å². The van der Waals surface area contributed by atoms with E-state index in [2.05, 4.69) is 13.0 Å². The maximum Gasteiger partial charge on any atom is 0.119 e. The zero-order valence-corrected chi connectivity index (χ0v) is 10.8. The first-order valence-corrected chi connectivity index (χ1v) is 6.16. The Morgan fingerprint density at radius 3 is 2.76 bits per heavy atom. The van der Waals surface area contributed by atoms with Gasteiger partial charge in [-0.25, -0.2) is 0 Å². The molecule has 1 rings (SSSR count). The number of methoxy groups -OCH3 is 1. The Morgan fingerprint density at radius 2 is 2.06 bits per heavy atom. The van der Waals surface area contributed by atoms with Crippen molar-refractivity contribution in [2.24, 2.45) is 5.73 Å². The number of hydrogen-bond donors (Lipinski definition) is 1. The maximum atomic E-state index is 5.97. The fraction of sp³-hybridized carbons (Fsp3) is 0.571. The molecule has 0 spiro atoms. The third-order valence-electron chi connectivity index (χ3n) is 2.67. The number of hydrogen-bond acceptors (Lipinski definition) is 3. The summed E-state index contributed by atoms with van der Waals surface area (Å²) in [5.74, 6) is 0.925. The quantitative estimate of drug-likeness (QED) is 0.707. The van der Waals surface area contributed by atoms with Gasteiger partial charge in [0, 0.05) is 19.8 Å². The third-order valence-corrected chi connectivity index (χ3v) is 2.67. The van der Waals surface area contributed by atoms with E-state index in [9.17, 15) is 0 Å². The van der Waals surface area contributed by atoms with E-state index in [1.165, 1.54) is 5.56 Å². The van der Waals surface area contributed by atoms with Gasteiger partial charge >= 0.3 is 0 Å². The molecule has 0 aliphatic carbocycles. The zero-order chi connectivity index (χ0) is 12.5. The van der Waals surface area contributed by atoms with Gasteiger partial charge in [-0.05, 0) is 43.9 Å². The fourth-order valence-corrected chi connectivity index (χ4v) is 1.67. The molecule has 1 atom stereocenters. The van der Waals surface area contributed by atoms with Gasteiger partial charge in [0.05, 0.1) is 6.61 Å². The lowest BCUT2D eigenvalue weighted by molar-refractivity contribution is 0.188. The smallest absolute Gasteiger partial charge is 0.119 e. The Hall–Kier alpha value is -1.06. The van der Waals surface area contributed by atoms with Gasteiger partial charge in [-0.2, -0.15) is 0 Å². The average Bonchev–Trinajstić information content (AvgIpc) is 2.29. The standard InChI is InChI=1S/C14H23NO2/c1-12-5-3-7-14(11-12)17-10-8-13(15)6-4-9-16-2/h3,5,7,11,13H,4,6,8-10,15H2,1-2H3. The minimum Gasteiger partial charge on any atom is -0.494 e. The van der Waals surface area contributed by atoms with Crippen LogP contribution in [-0.2, 0) is 4.74 Å². The molecular weight excluding hydrogens is 214 g/mol. The van der Waals surface area contributed by atoms with Crippen molar-refractivity contribution in [3.8, 4) is 5.75 Å². The Morgan fingerprint density at radius 1 is 1.24 bits per heavy atom. The largest absolute Gasteiger partial charge is 0.494 e. The van der Waals surface area contributed by atoms with Crippen LogP contribution in [-0.4, -0.2) is 26.4 Å². The summed E-state index contributed by atoms with van der Waals surface area (Å²) in [6.07, 6.45) is 2.89. The second-order valence-electron chi connectivity index (χ2n) is 4.35. The molecule has 0 saturated heterocycles. The van der Waals surface area contributed by atoms with Crippen molar-refractivity contribution in [3.63, 3.8) is 0 Å². The molecule has 0 radical (unpaired) electrons. The zero-order valence-electron chi connectivity index (χ0n) is 10.8. The minimum atomic E-state index is 0.204. The summed E-state index contributed by atoms with van der Waals surface area (Å²) in [6, 6.07) is 8.28. The minimum absolute atomic E-state index is 0.204. The van der Waals surface area contributed by atoms with Crippen LogP contribution in [0.2, 0.25) is 0 Å². The van der Waals surface area contributed by atoms with Gasteiger partial charge in [-0.3, -0.25) is 0 Å². The number of rotatable bonds is 8. The molecule has 96 valence electrons. The summed E-state index contributed by atoms with van der Waals surface area (Å²) in [5.41, 5.74) is 7.19. The molecule has 2 N–H and O–H groups in total. The maximum absolute atomic E-state index is 5.97. The molecule has 17 heavy (non-hydrogen) atoms. The van der Waals surface area contributed by atoms with E-state index in [1.807, 2.05) is 18.2 Å². The molecule has 0 bridgehead atoms. The highest BCUT2D eigenvalue weighted by atomic mass is 16.5. The molecule has 0 aliphatic heterocycles. The summed E-state index contributed by atoms with van der Waals surface area (Å²) in [6.45, 7) is 3.52. The molecule has 1 unspecified atom stereocenters. The molecule has 0 amide bonds. The topological polar surface area (TPSA) is 44.5 Å². The van der Waals surface area contributed by atoms with Gasteiger partial charge < -0.3 is 15.2 Å². The van der Waals surface area contributed by atoms with Gasteiger partial charge in [0.25, 0.3) is 0 Å². The van der Waals surface area contributed by atoms with Crippen LogP contribution >= 0.6 is 0 Å². The Kier molecular flexibility index (Phi) is 6.67. The van der Waals surface area contributed by atoms with Crippen LogP contribution < -0.4 is 10.5 Å². The molecule has 3 nitrogen and oxygen atoms in total. The van der Waals surface area contributed by atoms with Crippen LogP contribution in [0.25, 0.3) is 0 Å². The number of benzene rings is 1. The van der Waals surface area contributed by atoms with Crippen LogP contribution in [0.5, 0.6) is 5.75 Å². The molecule has 0 aliphatic rings. The van der Waals surface area contributed by atoms with Crippen molar-refractivity contribution in [2.45, 2.75) is 32.2 Å². The summed E-state index contributed by atoms with van der Waals surface area (Å²) >= 11 is 0. The van der Waals surface area contributed by atoms with E-state index < -0.39 is 0 Å². The Bertz CT molecular complexity index is 315. The molecule has 3 heteroatoms. The summed E-state index contributed by atoms with van der Waals surface area (Å²) in [4.78, 5) is 0. The SMILES string of the molecule is COCCCC(N)CCOc1cccc(C)c1. The van der Waals surface area contributed by atoms with E-state index in [0.717, 1.165) is 31.6 Å². The second kappa shape index (κ2) is 8.09. The van der Waals surface area contributed by atoms with Crippen LogP contribution in [0.15, 0.2) is 24.3 Å². The van der Waals surface area contributed by atoms with E-state index in [1.54, 1.807) is 7.11 Å². The molecule has 0 heterocycles. The predicted octanol–water partition coefficient (Wildman–Crippen LogP) is 2.52. The van der Waals surface area contributed by atoms with E-state index in [0.29, 0.717) is 6.61 Å². The Labute approximate surface area is 104 Å². The lowest BCUT2D eigenvalue weighted by Gasteiger charge is -2.12. The monoisotopic (exact) mass is 237 g/mol. The summed E-state index contributed by atoms with van der Waals surface area (Å²) < 4.78 is 10.6. The van der Waals surface area contributed by atoms with Crippen molar-refractivity contribution >= 4 is 0 Å². The van der Waals surface area contributed by atoms with E-state index in [-0.39, 0.29) is 6.04 Å². The van der Waals surface area contributed by atoms with Crippen LogP contribution in [0.1, 0.15) is 24.8 Å². The highest BCUT2D eigenvalue weighted by molar-refractivity contribution is 5.27. The van der Waals surface area contributed by atoms with Crippen molar-refractivity contribution < 1.29 is 9.47 Å². The van der Waals surface area contributed by atoms with E-state index in [4.69, 9.17) is 15.2 Å². The van der Waals surface area contributed by atoms with Gasteiger partial charge in [-0.15, -0.1) is 0 Å². The molecule has 0 saturated carbocycles. The number of ether oxygens (including phenoxy) is 2. The first-order chi connectivity index (χ1) is 8.22. The lowest BCUT2D eigenvalue weighted by Crippen LogP contribution is -2.23. The van der Waals surface area contributed by atoms with Gasteiger partial charge in [0.1, 0.15) is 5.75 Å². The van der Waals surface area contributed by atoms with Crippen LogP contribution in [0.3, 0.4) is 0 Å². The number of nitrogens with two attached hydrogens (primary N) is 1. The highest BCUT2D eigenvalue weighted by Gasteiger charge is 2.02. The normalized spacial score (nSPS) is 12.4. The first-order valence-electron chi connectivity index (χ1n) is 6.16. The predicted molar refractivity (Wildman–Crippen MR) is 70.4 cm³/mol. The molecular formula is C14H23NO2. The number of aryl methyl sites for hydroxylation is 1. The average molecular weight is 237 g/mol. The molecule has 0 fully saturated rings. The van der Waals surface area contributed by atoms with Gasteiger partial charge in [0.2, 0.25) is 0 Å². The van der Waals surface area contributed by atoms with Crippen LogP contribution in [0, 0.1) is 6.92 Å². The third kappa shape index (κ3) is 6.29. The van der Waals surface area contributed by atoms with Crippen molar-refractivity contribution in [1.82, 2.24) is 0 Å². The Balaban J connectivity index is 2.14. The molecule has 1 aromatic rings. The van der Waals surface area contributed by atoms with Crippen LogP contribution in [0.4, 0.5) is 0 Å². The van der Waals surface area contributed by atoms with Gasteiger partial charge in [-0.1, -0.05) is 12.1 Å². The summed E-state index contributed by atoms with van der Waals surface area (Å²) in [5, 5.41) is 0. The van der Waals surface area contributed by atoms with Crippen molar-refractivity contribution in [2.75, 3.05) is 20.3 Å². The summed E-state index contributed by atoms with van der Waals surface area (Å²) in [7, 11) is 1.71. The van der Waals surface area contributed by atoms with E-state index >= 15 is 0 Å². The van der Waals surface area contributed by atoms with Gasteiger partial charge in [0.15, 0.2) is 0 Å². The first kappa shape index (κ1) is 14.0. The highest BCUT2D eigenvalue weighted by Crippen LogP contribution is 2.12. The molecule has 0 aromatic heterocycles. The second-order valence-corrected chi connectivity index (χ2v) is 4.35. The fourth-order valence-electron chi connectivity index (χ4n) is 1.67. The lowest BCUT2D eigenvalue weighted by atomic mass is 10.1.